The fourth-order valence-electron chi connectivity index (χ4n) is 5.04. The number of unbranched alkanes of at least 4 members (excludes halogenated alkanes) is 1. The van der Waals surface area contributed by atoms with Gasteiger partial charge in [-0.3, -0.25) is 24.0 Å². The van der Waals surface area contributed by atoms with Gasteiger partial charge in [0.1, 0.15) is 0 Å². The minimum Gasteiger partial charge on any atom is -0.481 e. The fraction of sp³-hybridized carbons (Fsp3) is 0.464. The Hall–Kier alpha value is -3.44. The summed E-state index contributed by atoms with van der Waals surface area (Å²) in [6.45, 7) is 0.209. The molecule has 210 valence electrons. The summed E-state index contributed by atoms with van der Waals surface area (Å²) in [5.41, 5.74) is -0.0110. The van der Waals surface area contributed by atoms with E-state index in [1.807, 2.05) is 0 Å². The number of imide groups is 1. The van der Waals surface area contributed by atoms with Gasteiger partial charge in [0.2, 0.25) is 0 Å². The summed E-state index contributed by atoms with van der Waals surface area (Å²) in [7, 11) is -4.03. The smallest absolute Gasteiger partial charge is 0.303 e. The van der Waals surface area contributed by atoms with Crippen molar-refractivity contribution in [3.63, 3.8) is 0 Å². The number of rotatable bonds is 14. The lowest BCUT2D eigenvalue weighted by atomic mass is 9.86. The van der Waals surface area contributed by atoms with E-state index in [-0.39, 0.29) is 53.5 Å². The highest BCUT2D eigenvalue weighted by Crippen LogP contribution is 2.35. The van der Waals surface area contributed by atoms with Crippen LogP contribution in [0.5, 0.6) is 5.75 Å². The van der Waals surface area contributed by atoms with Crippen molar-refractivity contribution in [2.24, 2.45) is 5.92 Å². The highest BCUT2D eigenvalue weighted by atomic mass is 32.2. The minimum absolute atomic E-state index is 0.000851. The number of hydrogen-bond donors (Lipinski definition) is 2. The first-order valence-electron chi connectivity index (χ1n) is 13.4. The summed E-state index contributed by atoms with van der Waals surface area (Å²) in [5, 5.41) is 8.89. The summed E-state index contributed by atoms with van der Waals surface area (Å²) < 4.78 is 28.5. The number of carboxylic acids is 1. The van der Waals surface area contributed by atoms with E-state index in [0.717, 1.165) is 30.1 Å². The number of nitrogens with zero attached hydrogens (tertiary/aromatic N) is 1. The number of sulfonamides is 1. The number of anilines is 1. The summed E-state index contributed by atoms with van der Waals surface area (Å²) in [6, 6.07) is 10.3. The van der Waals surface area contributed by atoms with Crippen molar-refractivity contribution in [1.82, 2.24) is 4.90 Å². The maximum atomic E-state index is 13.0. The summed E-state index contributed by atoms with van der Waals surface area (Å²) in [5.74, 6) is -1.55. The summed E-state index contributed by atoms with van der Waals surface area (Å²) in [6.07, 6.45) is 9.25. The van der Waals surface area contributed by atoms with E-state index in [2.05, 4.69) is 4.72 Å². The maximum absolute atomic E-state index is 13.0. The molecular formula is C28H34N2O8S. The average Bonchev–Trinajstić information content (AvgIpc) is 3.15. The van der Waals surface area contributed by atoms with E-state index in [0.29, 0.717) is 0 Å². The van der Waals surface area contributed by atoms with Crippen molar-refractivity contribution in [1.29, 1.82) is 0 Å². The van der Waals surface area contributed by atoms with E-state index in [4.69, 9.17) is 14.9 Å². The molecule has 2 aromatic carbocycles. The Morgan fingerprint density at radius 1 is 0.974 bits per heavy atom. The minimum atomic E-state index is -4.03. The molecule has 39 heavy (non-hydrogen) atoms. The van der Waals surface area contributed by atoms with Crippen LogP contribution in [0, 0.1) is 5.92 Å². The van der Waals surface area contributed by atoms with Crippen LogP contribution in [0.25, 0.3) is 0 Å². The number of carbonyl (C=O) groups is 3. The van der Waals surface area contributed by atoms with E-state index in [9.17, 15) is 22.8 Å². The molecule has 2 aromatic rings. The molecule has 2 aliphatic rings. The van der Waals surface area contributed by atoms with Gasteiger partial charge in [-0.2, -0.15) is 4.89 Å². The van der Waals surface area contributed by atoms with Gasteiger partial charge >= 0.3 is 5.97 Å². The molecule has 0 radical (unpaired) electrons. The lowest BCUT2D eigenvalue weighted by Crippen LogP contribution is -2.31. The first-order chi connectivity index (χ1) is 18.8. The lowest BCUT2D eigenvalue weighted by molar-refractivity contribution is -0.206. The Labute approximate surface area is 228 Å². The normalized spacial score (nSPS) is 15.8. The molecule has 1 aliphatic heterocycles. The third-order valence-electron chi connectivity index (χ3n) is 7.10. The first kappa shape index (κ1) is 28.6. The second-order valence-corrected chi connectivity index (χ2v) is 11.7. The first-order valence-corrected chi connectivity index (χ1v) is 14.9. The van der Waals surface area contributed by atoms with Crippen molar-refractivity contribution in [2.75, 3.05) is 17.9 Å². The molecule has 0 saturated heterocycles. The molecule has 0 bridgehead atoms. The fourth-order valence-corrected chi connectivity index (χ4v) is 6.12. The molecule has 2 N–H and O–H groups in total. The van der Waals surface area contributed by atoms with Crippen molar-refractivity contribution in [3.8, 4) is 5.75 Å². The van der Waals surface area contributed by atoms with Gasteiger partial charge in [-0.25, -0.2) is 8.42 Å². The number of hydrogen-bond acceptors (Lipinski definition) is 7. The molecule has 10 nitrogen and oxygen atoms in total. The van der Waals surface area contributed by atoms with E-state index >= 15 is 0 Å². The molecule has 4 rings (SSSR count). The van der Waals surface area contributed by atoms with Crippen LogP contribution in [0.1, 0.15) is 84.9 Å². The Kier molecular flexibility index (Phi) is 9.58. The van der Waals surface area contributed by atoms with Gasteiger partial charge in [0.25, 0.3) is 21.8 Å². The van der Waals surface area contributed by atoms with Crippen LogP contribution in [0.2, 0.25) is 0 Å². The summed E-state index contributed by atoms with van der Waals surface area (Å²) >= 11 is 0. The van der Waals surface area contributed by atoms with E-state index < -0.39 is 27.8 Å². The predicted molar refractivity (Wildman–Crippen MR) is 143 cm³/mol. The van der Waals surface area contributed by atoms with Crippen LogP contribution in [-0.4, -0.2) is 49.4 Å². The van der Waals surface area contributed by atoms with Crippen molar-refractivity contribution in [3.05, 3.63) is 53.6 Å². The Morgan fingerprint density at radius 3 is 2.36 bits per heavy atom. The molecule has 0 unspecified atom stereocenters. The zero-order chi connectivity index (χ0) is 27.8. The Morgan fingerprint density at radius 2 is 1.67 bits per heavy atom. The SMILES string of the molecule is O=C(O)CCCN1C(=O)c2cc(NS(=O)(=O)c3ccccc3)c(OOCCCCC3CCCCC3)cc2C1=O. The van der Waals surface area contributed by atoms with Crippen molar-refractivity contribution in [2.45, 2.75) is 69.1 Å². The maximum Gasteiger partial charge on any atom is 0.303 e. The molecule has 0 atom stereocenters. The number of amides is 2. The molecular weight excluding hydrogens is 524 g/mol. The Balaban J connectivity index is 1.48. The van der Waals surface area contributed by atoms with E-state index in [1.165, 1.54) is 56.4 Å². The van der Waals surface area contributed by atoms with Crippen LogP contribution < -0.4 is 9.61 Å². The number of fused-ring (bicyclic) bond motifs is 1. The number of carboxylic acid groups (broad SMARTS) is 1. The van der Waals surface area contributed by atoms with Crippen LogP contribution in [0.3, 0.4) is 0 Å². The largest absolute Gasteiger partial charge is 0.481 e. The monoisotopic (exact) mass is 558 g/mol. The number of benzene rings is 2. The quantitative estimate of drug-likeness (QED) is 0.143. The molecule has 2 amide bonds. The predicted octanol–water partition coefficient (Wildman–Crippen LogP) is 5.01. The van der Waals surface area contributed by atoms with E-state index in [1.54, 1.807) is 18.2 Å². The van der Waals surface area contributed by atoms with Crippen LogP contribution in [-0.2, 0) is 19.7 Å². The lowest BCUT2D eigenvalue weighted by Gasteiger charge is -2.21. The zero-order valence-corrected chi connectivity index (χ0v) is 22.6. The standard InChI is InChI=1S/C28H34N2O8S/c31-26(32)15-9-16-30-27(33)22-18-24(29-39(35,36)21-13-5-2-6-14-21)25(19-23(22)28(30)34)38-37-17-8-7-12-20-10-3-1-4-11-20/h2,5-6,13-14,18-20,29H,1,3-4,7-12,15-17H2,(H,31,32). The second kappa shape index (κ2) is 13.1. The van der Waals surface area contributed by atoms with Gasteiger partial charge in [-0.1, -0.05) is 63.1 Å². The number of aliphatic carboxylic acids is 1. The average molecular weight is 559 g/mol. The van der Waals surface area contributed by atoms with Crippen LogP contribution in [0.15, 0.2) is 47.4 Å². The van der Waals surface area contributed by atoms with Gasteiger partial charge in [0.05, 0.1) is 28.3 Å². The molecule has 1 saturated carbocycles. The molecule has 1 heterocycles. The topological polar surface area (TPSA) is 139 Å². The summed E-state index contributed by atoms with van der Waals surface area (Å²) in [4.78, 5) is 48.6. The van der Waals surface area contributed by atoms with Gasteiger partial charge in [-0.05, 0) is 37.0 Å². The third-order valence-corrected chi connectivity index (χ3v) is 8.49. The Bertz CT molecular complexity index is 1290. The molecule has 11 heteroatoms. The highest BCUT2D eigenvalue weighted by Gasteiger charge is 2.37. The second-order valence-electron chi connectivity index (χ2n) is 9.98. The van der Waals surface area contributed by atoms with Gasteiger partial charge in [0.15, 0.2) is 5.75 Å². The van der Waals surface area contributed by atoms with Gasteiger partial charge in [0, 0.05) is 19.0 Å². The molecule has 1 aliphatic carbocycles. The van der Waals surface area contributed by atoms with Gasteiger partial charge in [-0.15, -0.1) is 0 Å². The third kappa shape index (κ3) is 7.36. The van der Waals surface area contributed by atoms with Crippen LogP contribution in [0.4, 0.5) is 5.69 Å². The zero-order valence-electron chi connectivity index (χ0n) is 21.8. The van der Waals surface area contributed by atoms with Crippen molar-refractivity contribution >= 4 is 33.5 Å². The number of nitrogens with one attached hydrogen (secondary N) is 1. The molecule has 1 fully saturated rings. The van der Waals surface area contributed by atoms with Crippen molar-refractivity contribution < 1.29 is 37.7 Å². The van der Waals surface area contributed by atoms with Crippen LogP contribution >= 0.6 is 0 Å². The number of carbonyl (C=O) groups excluding carboxylic acids is 2. The molecule has 0 aromatic heterocycles. The van der Waals surface area contributed by atoms with Gasteiger partial charge < -0.3 is 9.99 Å². The molecule has 0 spiro atoms. The highest BCUT2D eigenvalue weighted by molar-refractivity contribution is 7.92.